The summed E-state index contributed by atoms with van der Waals surface area (Å²) in [5, 5.41) is 8.14. The van der Waals surface area contributed by atoms with Crippen molar-refractivity contribution >= 4 is 17.0 Å². The van der Waals surface area contributed by atoms with E-state index < -0.39 is 5.97 Å². The molecule has 0 radical (unpaired) electrons. The van der Waals surface area contributed by atoms with Crippen molar-refractivity contribution in [1.82, 2.24) is 15.0 Å². The molecular weight excluding hydrogens is 258 g/mol. The maximum absolute atomic E-state index is 11.5. The molecule has 1 aromatic carbocycles. The van der Waals surface area contributed by atoms with Gasteiger partial charge in [0.25, 0.3) is 0 Å². The van der Waals surface area contributed by atoms with E-state index >= 15 is 0 Å². The number of hydrogen-bond donors (Lipinski definition) is 0. The zero-order valence-electron chi connectivity index (χ0n) is 10.9. The Morgan fingerprint density at radius 2 is 2.15 bits per heavy atom. The first-order valence-electron chi connectivity index (χ1n) is 6.32. The van der Waals surface area contributed by atoms with E-state index in [1.165, 1.54) is 0 Å². The van der Waals surface area contributed by atoms with Gasteiger partial charge in [-0.15, -0.1) is 5.10 Å². The Balaban J connectivity index is 1.83. The van der Waals surface area contributed by atoms with Crippen LogP contribution in [0.4, 0.5) is 0 Å². The van der Waals surface area contributed by atoms with Crippen LogP contribution in [0.15, 0.2) is 40.8 Å². The minimum Gasteiger partial charge on any atom is -0.460 e. The topological polar surface area (TPSA) is 70.2 Å². The predicted molar refractivity (Wildman–Crippen MR) is 71.3 cm³/mol. The molecule has 6 heteroatoms. The van der Waals surface area contributed by atoms with E-state index in [-0.39, 0.29) is 5.76 Å². The molecular formula is C14H13N3O3. The van der Waals surface area contributed by atoms with E-state index in [4.69, 9.17) is 9.15 Å². The molecule has 0 aliphatic carbocycles. The van der Waals surface area contributed by atoms with Crippen LogP contribution in [0.2, 0.25) is 0 Å². The maximum atomic E-state index is 11.5. The molecule has 0 unspecified atom stereocenters. The van der Waals surface area contributed by atoms with E-state index in [2.05, 4.69) is 10.3 Å². The van der Waals surface area contributed by atoms with Crippen molar-refractivity contribution in [3.05, 3.63) is 47.9 Å². The molecule has 0 aliphatic rings. The van der Waals surface area contributed by atoms with Crippen LogP contribution in [-0.4, -0.2) is 27.6 Å². The molecule has 0 saturated heterocycles. The summed E-state index contributed by atoms with van der Waals surface area (Å²) in [5.41, 5.74) is 1.74. The van der Waals surface area contributed by atoms with E-state index in [9.17, 15) is 4.79 Å². The quantitative estimate of drug-likeness (QED) is 0.681. The first-order valence-corrected chi connectivity index (χ1v) is 6.32. The highest BCUT2D eigenvalue weighted by molar-refractivity contribution is 5.86. The van der Waals surface area contributed by atoms with Gasteiger partial charge in [0.15, 0.2) is 0 Å². The smallest absolute Gasteiger partial charge is 0.374 e. The number of benzene rings is 1. The number of carbonyl (C=O) groups is 1. The van der Waals surface area contributed by atoms with Gasteiger partial charge in [-0.3, -0.25) is 0 Å². The molecule has 102 valence electrons. The Hall–Kier alpha value is -2.63. The lowest BCUT2D eigenvalue weighted by molar-refractivity contribution is 0.0488. The number of furan rings is 1. The lowest BCUT2D eigenvalue weighted by atomic mass is 10.3. The third-order valence-corrected chi connectivity index (χ3v) is 2.86. The molecule has 0 fully saturated rings. The summed E-state index contributed by atoms with van der Waals surface area (Å²) in [4.78, 5) is 11.5. The fourth-order valence-electron chi connectivity index (χ4n) is 1.96. The van der Waals surface area contributed by atoms with E-state index in [1.807, 2.05) is 24.3 Å². The largest absolute Gasteiger partial charge is 0.460 e. The number of nitrogens with zero attached hydrogens (tertiary/aromatic N) is 3. The summed E-state index contributed by atoms with van der Waals surface area (Å²) in [6.07, 6.45) is 0. The Labute approximate surface area is 114 Å². The standard InChI is InChI=1S/C14H13N3O3/c1-2-19-14(18)13-8-7-10(20-13)9-17-12-6-4-3-5-11(12)15-16-17/h3-8H,2,9H2,1H3. The fourth-order valence-corrected chi connectivity index (χ4v) is 1.96. The lowest BCUT2D eigenvalue weighted by Crippen LogP contribution is -2.03. The first-order chi connectivity index (χ1) is 9.78. The van der Waals surface area contributed by atoms with Crippen LogP contribution in [0.3, 0.4) is 0 Å². The molecule has 0 saturated carbocycles. The molecule has 0 aliphatic heterocycles. The molecule has 0 N–H and O–H groups in total. The van der Waals surface area contributed by atoms with Crippen LogP contribution in [-0.2, 0) is 11.3 Å². The Kier molecular flexibility index (Phi) is 3.20. The highest BCUT2D eigenvalue weighted by Crippen LogP contribution is 2.14. The average molecular weight is 271 g/mol. The molecule has 3 rings (SSSR count). The highest BCUT2D eigenvalue weighted by atomic mass is 16.5. The number of carbonyl (C=O) groups excluding carboxylic acids is 1. The minimum absolute atomic E-state index is 0.200. The second-order valence-electron chi connectivity index (χ2n) is 4.22. The summed E-state index contributed by atoms with van der Waals surface area (Å²) >= 11 is 0. The van der Waals surface area contributed by atoms with Crippen LogP contribution >= 0.6 is 0 Å². The van der Waals surface area contributed by atoms with Crippen LogP contribution in [0, 0.1) is 0 Å². The van der Waals surface area contributed by atoms with Crippen molar-refractivity contribution in [2.75, 3.05) is 6.61 Å². The molecule has 6 nitrogen and oxygen atoms in total. The van der Waals surface area contributed by atoms with Gasteiger partial charge in [0.2, 0.25) is 5.76 Å². The molecule has 2 aromatic heterocycles. The van der Waals surface area contributed by atoms with Gasteiger partial charge in [0, 0.05) is 0 Å². The van der Waals surface area contributed by atoms with Crippen molar-refractivity contribution in [3.63, 3.8) is 0 Å². The summed E-state index contributed by atoms with van der Waals surface area (Å²) in [6.45, 7) is 2.49. The molecule has 2 heterocycles. The lowest BCUT2D eigenvalue weighted by Gasteiger charge is -1.99. The van der Waals surface area contributed by atoms with E-state index in [1.54, 1.807) is 23.7 Å². The Morgan fingerprint density at radius 3 is 3.00 bits per heavy atom. The zero-order chi connectivity index (χ0) is 13.9. The van der Waals surface area contributed by atoms with Crippen molar-refractivity contribution in [3.8, 4) is 0 Å². The van der Waals surface area contributed by atoms with Gasteiger partial charge in [0.1, 0.15) is 17.8 Å². The molecule has 20 heavy (non-hydrogen) atoms. The average Bonchev–Trinajstić information content (AvgIpc) is 3.08. The number of hydrogen-bond acceptors (Lipinski definition) is 5. The number of para-hydroxylation sites is 1. The van der Waals surface area contributed by atoms with Crippen molar-refractivity contribution < 1.29 is 13.9 Å². The normalized spacial score (nSPS) is 10.8. The fraction of sp³-hybridized carbons (Fsp3) is 0.214. The van der Waals surface area contributed by atoms with Gasteiger partial charge in [-0.2, -0.15) is 0 Å². The maximum Gasteiger partial charge on any atom is 0.374 e. The van der Waals surface area contributed by atoms with Crippen LogP contribution in [0.25, 0.3) is 11.0 Å². The predicted octanol–water partition coefficient (Wildman–Crippen LogP) is 2.25. The van der Waals surface area contributed by atoms with Crippen molar-refractivity contribution in [2.24, 2.45) is 0 Å². The van der Waals surface area contributed by atoms with E-state index in [0.29, 0.717) is 18.9 Å². The van der Waals surface area contributed by atoms with Gasteiger partial charge in [0.05, 0.1) is 12.1 Å². The second-order valence-corrected chi connectivity index (χ2v) is 4.22. The number of rotatable bonds is 4. The monoisotopic (exact) mass is 271 g/mol. The van der Waals surface area contributed by atoms with Crippen LogP contribution in [0.5, 0.6) is 0 Å². The van der Waals surface area contributed by atoms with Crippen LogP contribution in [0.1, 0.15) is 23.2 Å². The summed E-state index contributed by atoms with van der Waals surface area (Å²) < 4.78 is 12.1. The molecule has 0 atom stereocenters. The number of aromatic nitrogens is 3. The SMILES string of the molecule is CCOC(=O)c1ccc(Cn2nnc3ccccc32)o1. The zero-order valence-corrected chi connectivity index (χ0v) is 10.9. The summed E-state index contributed by atoms with van der Waals surface area (Å²) in [5.74, 6) is 0.372. The van der Waals surface area contributed by atoms with Gasteiger partial charge in [-0.1, -0.05) is 17.3 Å². The minimum atomic E-state index is -0.456. The number of esters is 1. The van der Waals surface area contributed by atoms with Gasteiger partial charge in [-0.25, -0.2) is 9.48 Å². The molecule has 3 aromatic rings. The van der Waals surface area contributed by atoms with E-state index in [0.717, 1.165) is 11.0 Å². The third-order valence-electron chi connectivity index (χ3n) is 2.86. The third kappa shape index (κ3) is 2.27. The molecule has 0 bridgehead atoms. The molecule has 0 amide bonds. The van der Waals surface area contributed by atoms with Gasteiger partial charge >= 0.3 is 5.97 Å². The highest BCUT2D eigenvalue weighted by Gasteiger charge is 2.13. The number of fused-ring (bicyclic) bond motifs is 1. The first kappa shape index (κ1) is 12.4. The Morgan fingerprint density at radius 1 is 1.30 bits per heavy atom. The second kappa shape index (κ2) is 5.16. The van der Waals surface area contributed by atoms with Crippen LogP contribution < -0.4 is 0 Å². The van der Waals surface area contributed by atoms with Crippen molar-refractivity contribution in [1.29, 1.82) is 0 Å². The molecule has 0 spiro atoms. The summed E-state index contributed by atoms with van der Waals surface area (Å²) in [7, 11) is 0. The summed E-state index contributed by atoms with van der Waals surface area (Å²) in [6, 6.07) is 11.0. The Bertz CT molecular complexity index is 745. The van der Waals surface area contributed by atoms with Gasteiger partial charge in [-0.05, 0) is 31.2 Å². The van der Waals surface area contributed by atoms with Gasteiger partial charge < -0.3 is 9.15 Å². The number of ether oxygens (including phenoxy) is 1. The van der Waals surface area contributed by atoms with Crippen molar-refractivity contribution in [2.45, 2.75) is 13.5 Å².